The molecule has 0 amide bonds. The fraction of sp³-hybridized carbons (Fsp3) is 0.625. The number of nitrogens with one attached hydrogen (secondary N) is 1. The fourth-order valence-electron chi connectivity index (χ4n) is 3.38. The lowest BCUT2D eigenvalue weighted by Gasteiger charge is -2.36. The Morgan fingerprint density at radius 2 is 2.05 bits per heavy atom. The lowest BCUT2D eigenvalue weighted by molar-refractivity contribution is 0.0304. The van der Waals surface area contributed by atoms with Gasteiger partial charge in [-0.05, 0) is 44.0 Å². The standard InChI is InChI=1S/C16H23BrN2O/c1-3-18-11(2)15-7-4-12(17)8-16(15)19-9-13-5-6-14(10-19)20-13/h4,7-8,11,13-14,18H,3,5-6,9-10H2,1-2H3. The first-order valence-corrected chi connectivity index (χ1v) is 8.40. The van der Waals surface area contributed by atoms with Crippen LogP contribution in [0.2, 0.25) is 0 Å². The lowest BCUT2D eigenvalue weighted by Crippen LogP contribution is -2.43. The first kappa shape index (κ1) is 14.4. The van der Waals surface area contributed by atoms with E-state index in [-0.39, 0.29) is 0 Å². The zero-order chi connectivity index (χ0) is 14.1. The number of hydrogen-bond donors (Lipinski definition) is 1. The SMILES string of the molecule is CCNC(C)c1ccc(Br)cc1N1CC2CCC(C1)O2. The fourth-order valence-corrected chi connectivity index (χ4v) is 3.73. The van der Waals surface area contributed by atoms with Gasteiger partial charge in [0.05, 0.1) is 12.2 Å². The van der Waals surface area contributed by atoms with Gasteiger partial charge >= 0.3 is 0 Å². The smallest absolute Gasteiger partial charge is 0.0755 e. The second-order valence-electron chi connectivity index (χ2n) is 5.84. The van der Waals surface area contributed by atoms with Crippen molar-refractivity contribution in [1.82, 2.24) is 5.32 Å². The summed E-state index contributed by atoms with van der Waals surface area (Å²) in [5.41, 5.74) is 2.74. The zero-order valence-corrected chi connectivity index (χ0v) is 13.8. The molecule has 2 aliphatic heterocycles. The van der Waals surface area contributed by atoms with Crippen molar-refractivity contribution in [3.8, 4) is 0 Å². The van der Waals surface area contributed by atoms with Crippen molar-refractivity contribution in [2.45, 2.75) is 44.9 Å². The van der Waals surface area contributed by atoms with E-state index in [1.807, 2.05) is 0 Å². The predicted molar refractivity (Wildman–Crippen MR) is 86.3 cm³/mol. The van der Waals surface area contributed by atoms with Crippen LogP contribution in [-0.4, -0.2) is 31.8 Å². The van der Waals surface area contributed by atoms with Crippen molar-refractivity contribution in [3.63, 3.8) is 0 Å². The summed E-state index contributed by atoms with van der Waals surface area (Å²) in [5, 5.41) is 3.53. The topological polar surface area (TPSA) is 24.5 Å². The number of rotatable bonds is 4. The molecule has 3 nitrogen and oxygen atoms in total. The molecule has 0 saturated carbocycles. The molecular formula is C16H23BrN2O. The van der Waals surface area contributed by atoms with Crippen molar-refractivity contribution in [2.24, 2.45) is 0 Å². The summed E-state index contributed by atoms with van der Waals surface area (Å²) in [6.45, 7) is 7.44. The van der Waals surface area contributed by atoms with Gasteiger partial charge < -0.3 is 15.0 Å². The van der Waals surface area contributed by atoms with E-state index < -0.39 is 0 Å². The molecule has 110 valence electrons. The van der Waals surface area contributed by atoms with Gasteiger partial charge in [-0.15, -0.1) is 0 Å². The number of nitrogens with zero attached hydrogens (tertiary/aromatic N) is 1. The number of halogens is 1. The van der Waals surface area contributed by atoms with Crippen LogP contribution in [0.1, 0.15) is 38.3 Å². The van der Waals surface area contributed by atoms with Crippen LogP contribution in [0.4, 0.5) is 5.69 Å². The van der Waals surface area contributed by atoms with Crippen LogP contribution in [0.15, 0.2) is 22.7 Å². The average Bonchev–Trinajstić information content (AvgIpc) is 2.77. The van der Waals surface area contributed by atoms with Gasteiger partial charge in [0.15, 0.2) is 0 Å². The summed E-state index contributed by atoms with van der Waals surface area (Å²) in [6, 6.07) is 7.02. The molecule has 1 N–H and O–H groups in total. The highest BCUT2D eigenvalue weighted by molar-refractivity contribution is 9.10. The van der Waals surface area contributed by atoms with Crippen molar-refractivity contribution in [1.29, 1.82) is 0 Å². The Balaban J connectivity index is 1.89. The third-order valence-electron chi connectivity index (χ3n) is 4.35. The second kappa shape index (κ2) is 6.04. The Labute approximate surface area is 129 Å². The van der Waals surface area contributed by atoms with E-state index in [1.165, 1.54) is 24.1 Å². The molecule has 2 bridgehead atoms. The zero-order valence-electron chi connectivity index (χ0n) is 12.2. The third-order valence-corrected chi connectivity index (χ3v) is 4.85. The molecule has 20 heavy (non-hydrogen) atoms. The van der Waals surface area contributed by atoms with E-state index in [9.17, 15) is 0 Å². The van der Waals surface area contributed by atoms with E-state index in [0.717, 1.165) is 24.1 Å². The number of benzene rings is 1. The molecule has 2 aliphatic rings. The van der Waals surface area contributed by atoms with Crippen LogP contribution in [0, 0.1) is 0 Å². The first-order valence-electron chi connectivity index (χ1n) is 7.60. The average molecular weight is 339 g/mol. The number of hydrogen-bond acceptors (Lipinski definition) is 3. The van der Waals surface area contributed by atoms with Crippen molar-refractivity contribution < 1.29 is 4.74 Å². The van der Waals surface area contributed by atoms with E-state index in [0.29, 0.717) is 18.2 Å². The first-order chi connectivity index (χ1) is 9.67. The minimum absolute atomic E-state index is 0.378. The summed E-state index contributed by atoms with van der Waals surface area (Å²) in [4.78, 5) is 2.51. The van der Waals surface area contributed by atoms with Gasteiger partial charge in [-0.2, -0.15) is 0 Å². The number of anilines is 1. The molecule has 1 aromatic carbocycles. The van der Waals surface area contributed by atoms with Crippen molar-refractivity contribution >= 4 is 21.6 Å². The number of fused-ring (bicyclic) bond motifs is 2. The maximum atomic E-state index is 5.96. The van der Waals surface area contributed by atoms with Crippen LogP contribution in [0.5, 0.6) is 0 Å². The maximum Gasteiger partial charge on any atom is 0.0755 e. The minimum Gasteiger partial charge on any atom is -0.371 e. The second-order valence-corrected chi connectivity index (χ2v) is 6.76. The monoisotopic (exact) mass is 338 g/mol. The Kier molecular flexibility index (Phi) is 4.34. The van der Waals surface area contributed by atoms with Gasteiger partial charge in [0.25, 0.3) is 0 Å². The molecule has 4 heteroatoms. The Morgan fingerprint density at radius 3 is 2.70 bits per heavy atom. The molecule has 0 spiro atoms. The highest BCUT2D eigenvalue weighted by Gasteiger charge is 2.34. The molecule has 3 atom stereocenters. The Hall–Kier alpha value is -0.580. The molecule has 2 saturated heterocycles. The Bertz CT molecular complexity index is 468. The highest BCUT2D eigenvalue weighted by atomic mass is 79.9. The molecule has 0 aromatic heterocycles. The van der Waals surface area contributed by atoms with Crippen LogP contribution in [0.25, 0.3) is 0 Å². The van der Waals surface area contributed by atoms with Crippen LogP contribution < -0.4 is 10.2 Å². The van der Waals surface area contributed by atoms with Crippen LogP contribution >= 0.6 is 15.9 Å². The Morgan fingerprint density at radius 1 is 1.35 bits per heavy atom. The van der Waals surface area contributed by atoms with Gasteiger partial charge in [0, 0.05) is 29.3 Å². The van der Waals surface area contributed by atoms with Gasteiger partial charge in [0.1, 0.15) is 0 Å². The summed E-state index contributed by atoms with van der Waals surface area (Å²) in [6.07, 6.45) is 3.28. The molecule has 0 radical (unpaired) electrons. The van der Waals surface area contributed by atoms with Crippen LogP contribution in [-0.2, 0) is 4.74 Å². The van der Waals surface area contributed by atoms with Gasteiger partial charge in [0.2, 0.25) is 0 Å². The summed E-state index contributed by atoms with van der Waals surface area (Å²) < 4.78 is 7.11. The summed E-state index contributed by atoms with van der Waals surface area (Å²) >= 11 is 3.62. The highest BCUT2D eigenvalue weighted by Crippen LogP contribution is 2.35. The molecule has 3 rings (SSSR count). The molecule has 3 unspecified atom stereocenters. The molecular weight excluding hydrogens is 316 g/mol. The maximum absolute atomic E-state index is 5.96. The number of morpholine rings is 1. The molecule has 0 aliphatic carbocycles. The van der Waals surface area contributed by atoms with Gasteiger partial charge in [-0.1, -0.05) is 28.9 Å². The largest absolute Gasteiger partial charge is 0.371 e. The molecule has 1 aromatic rings. The molecule has 2 heterocycles. The van der Waals surface area contributed by atoms with Gasteiger partial charge in [-0.25, -0.2) is 0 Å². The van der Waals surface area contributed by atoms with Crippen molar-refractivity contribution in [2.75, 3.05) is 24.5 Å². The summed E-state index contributed by atoms with van der Waals surface area (Å²) in [7, 11) is 0. The lowest BCUT2D eigenvalue weighted by atomic mass is 10.0. The summed E-state index contributed by atoms with van der Waals surface area (Å²) in [5.74, 6) is 0. The van der Waals surface area contributed by atoms with E-state index in [1.54, 1.807) is 0 Å². The van der Waals surface area contributed by atoms with E-state index in [4.69, 9.17) is 4.74 Å². The van der Waals surface area contributed by atoms with E-state index >= 15 is 0 Å². The van der Waals surface area contributed by atoms with Crippen LogP contribution in [0.3, 0.4) is 0 Å². The van der Waals surface area contributed by atoms with E-state index in [2.05, 4.69) is 58.2 Å². The van der Waals surface area contributed by atoms with Gasteiger partial charge in [-0.3, -0.25) is 0 Å². The minimum atomic E-state index is 0.378. The molecule has 2 fully saturated rings. The number of ether oxygens (including phenoxy) is 1. The normalized spacial score (nSPS) is 26.9. The predicted octanol–water partition coefficient (Wildman–Crippen LogP) is 3.49. The quantitative estimate of drug-likeness (QED) is 0.909. The van der Waals surface area contributed by atoms with Crippen molar-refractivity contribution in [3.05, 3.63) is 28.2 Å². The third kappa shape index (κ3) is 2.87.